The molecule has 1 fully saturated rings. The predicted molar refractivity (Wildman–Crippen MR) is 45.9 cm³/mol. The summed E-state index contributed by atoms with van der Waals surface area (Å²) in [6.45, 7) is 2.13. The standard InChI is InChI=1S/C4H7IN2S/c5-7-3-1-2-6-4(7)8/h1-3H2,(H,6,8). The molecule has 1 saturated heterocycles. The Hall–Kier alpha value is 0.420. The third kappa shape index (κ3) is 1.45. The molecule has 0 amide bonds. The van der Waals surface area contributed by atoms with Crippen LogP contribution in [0.5, 0.6) is 0 Å². The molecule has 8 heavy (non-hydrogen) atoms. The molecule has 0 saturated carbocycles. The second kappa shape index (κ2) is 2.82. The highest BCUT2D eigenvalue weighted by Gasteiger charge is 2.08. The maximum Gasteiger partial charge on any atom is 0.177 e. The van der Waals surface area contributed by atoms with Gasteiger partial charge in [0.25, 0.3) is 0 Å². The summed E-state index contributed by atoms with van der Waals surface area (Å²) in [6, 6.07) is 0. The van der Waals surface area contributed by atoms with Gasteiger partial charge in [0.15, 0.2) is 5.11 Å². The second-order valence-corrected chi connectivity index (χ2v) is 3.22. The van der Waals surface area contributed by atoms with Crippen molar-refractivity contribution in [1.29, 1.82) is 0 Å². The summed E-state index contributed by atoms with van der Waals surface area (Å²) in [5.74, 6) is 0. The van der Waals surface area contributed by atoms with Crippen molar-refractivity contribution < 1.29 is 0 Å². The van der Waals surface area contributed by atoms with Gasteiger partial charge >= 0.3 is 0 Å². The summed E-state index contributed by atoms with van der Waals surface area (Å²) in [5.41, 5.74) is 0. The topological polar surface area (TPSA) is 15.3 Å². The fourth-order valence-electron chi connectivity index (χ4n) is 0.601. The van der Waals surface area contributed by atoms with Crippen molar-refractivity contribution >= 4 is 40.2 Å². The van der Waals surface area contributed by atoms with E-state index in [1.54, 1.807) is 0 Å². The van der Waals surface area contributed by atoms with E-state index >= 15 is 0 Å². The quantitative estimate of drug-likeness (QED) is 0.386. The monoisotopic (exact) mass is 242 g/mol. The van der Waals surface area contributed by atoms with Crippen LogP contribution in [0.2, 0.25) is 0 Å². The van der Waals surface area contributed by atoms with Gasteiger partial charge in [0.1, 0.15) is 0 Å². The first-order chi connectivity index (χ1) is 3.80. The highest BCUT2D eigenvalue weighted by molar-refractivity contribution is 14.1. The Balaban J connectivity index is 2.39. The van der Waals surface area contributed by atoms with Gasteiger partial charge in [-0.25, -0.2) is 0 Å². The Bertz CT molecular complexity index is 106. The van der Waals surface area contributed by atoms with E-state index in [0.717, 1.165) is 18.2 Å². The molecule has 1 aliphatic rings. The van der Waals surface area contributed by atoms with Crippen LogP contribution in [0.4, 0.5) is 0 Å². The maximum atomic E-state index is 4.94. The average molecular weight is 242 g/mol. The summed E-state index contributed by atoms with van der Waals surface area (Å²) >= 11 is 7.15. The van der Waals surface area contributed by atoms with E-state index < -0.39 is 0 Å². The first kappa shape index (κ1) is 6.54. The van der Waals surface area contributed by atoms with Gasteiger partial charge in [-0.05, 0) is 18.6 Å². The molecular weight excluding hydrogens is 235 g/mol. The lowest BCUT2D eigenvalue weighted by Gasteiger charge is -2.23. The van der Waals surface area contributed by atoms with Gasteiger partial charge in [0.2, 0.25) is 0 Å². The Morgan fingerprint density at radius 3 is 2.88 bits per heavy atom. The highest BCUT2D eigenvalue weighted by atomic mass is 127. The lowest BCUT2D eigenvalue weighted by atomic mass is 10.4. The first-order valence-electron chi connectivity index (χ1n) is 2.52. The molecule has 0 aromatic rings. The Morgan fingerprint density at radius 2 is 2.50 bits per heavy atom. The molecule has 4 heteroatoms. The van der Waals surface area contributed by atoms with Crippen LogP contribution in [0.1, 0.15) is 6.42 Å². The fraction of sp³-hybridized carbons (Fsp3) is 0.750. The van der Waals surface area contributed by atoms with Gasteiger partial charge in [-0.15, -0.1) is 0 Å². The van der Waals surface area contributed by atoms with E-state index in [1.165, 1.54) is 6.42 Å². The zero-order valence-corrected chi connectivity index (χ0v) is 7.33. The molecule has 0 aromatic carbocycles. The molecule has 0 spiro atoms. The number of nitrogens with one attached hydrogen (secondary N) is 1. The number of nitrogens with zero attached hydrogens (tertiary/aromatic N) is 1. The Labute approximate surface area is 68.1 Å². The summed E-state index contributed by atoms with van der Waals surface area (Å²) in [5, 5.41) is 3.95. The Kier molecular flexibility index (Phi) is 2.30. The van der Waals surface area contributed by atoms with Gasteiger partial charge in [-0.2, -0.15) is 0 Å². The van der Waals surface area contributed by atoms with Crippen molar-refractivity contribution in [2.24, 2.45) is 0 Å². The van der Waals surface area contributed by atoms with E-state index in [9.17, 15) is 0 Å². The molecule has 0 aromatic heterocycles. The minimum absolute atomic E-state index is 0.872. The molecule has 2 nitrogen and oxygen atoms in total. The summed E-state index contributed by atoms with van der Waals surface area (Å²) in [6.07, 6.45) is 1.20. The third-order valence-corrected chi connectivity index (χ3v) is 2.68. The van der Waals surface area contributed by atoms with Gasteiger partial charge in [0, 0.05) is 13.1 Å². The number of hydrogen-bond donors (Lipinski definition) is 1. The second-order valence-electron chi connectivity index (χ2n) is 1.67. The van der Waals surface area contributed by atoms with Crippen LogP contribution in [-0.2, 0) is 0 Å². The zero-order valence-electron chi connectivity index (χ0n) is 4.35. The van der Waals surface area contributed by atoms with Crippen LogP contribution >= 0.6 is 35.1 Å². The van der Waals surface area contributed by atoms with E-state index in [1.807, 2.05) is 3.11 Å². The van der Waals surface area contributed by atoms with Crippen LogP contribution in [0.25, 0.3) is 0 Å². The SMILES string of the molecule is S=C1NCCCN1I. The van der Waals surface area contributed by atoms with E-state index in [-0.39, 0.29) is 0 Å². The van der Waals surface area contributed by atoms with E-state index in [4.69, 9.17) is 12.2 Å². The molecule has 0 bridgehead atoms. The van der Waals surface area contributed by atoms with Crippen molar-refractivity contribution in [2.75, 3.05) is 13.1 Å². The smallest absolute Gasteiger partial charge is 0.177 e. The van der Waals surface area contributed by atoms with E-state index in [2.05, 4.69) is 28.2 Å². The Morgan fingerprint density at radius 1 is 1.75 bits per heavy atom. The van der Waals surface area contributed by atoms with Crippen LogP contribution < -0.4 is 5.32 Å². The maximum absolute atomic E-state index is 4.94. The lowest BCUT2D eigenvalue weighted by Crippen LogP contribution is -2.40. The van der Waals surface area contributed by atoms with Crippen LogP contribution in [0, 0.1) is 0 Å². The average Bonchev–Trinajstić information content (AvgIpc) is 1.77. The molecule has 1 N–H and O–H groups in total. The molecule has 46 valence electrons. The number of halogens is 1. The minimum Gasteiger partial charge on any atom is -0.362 e. The summed E-state index contributed by atoms with van der Waals surface area (Å²) < 4.78 is 2.02. The largest absolute Gasteiger partial charge is 0.362 e. The van der Waals surface area contributed by atoms with Crippen LogP contribution in [0.15, 0.2) is 0 Å². The minimum atomic E-state index is 0.872. The molecular formula is C4H7IN2S. The van der Waals surface area contributed by atoms with Gasteiger partial charge < -0.3 is 5.32 Å². The molecule has 0 aliphatic carbocycles. The van der Waals surface area contributed by atoms with Crippen molar-refractivity contribution in [2.45, 2.75) is 6.42 Å². The predicted octanol–water partition coefficient (Wildman–Crippen LogP) is 0.917. The lowest BCUT2D eigenvalue weighted by molar-refractivity contribution is 0.582. The molecule has 0 radical (unpaired) electrons. The molecule has 1 aliphatic heterocycles. The summed E-state index contributed by atoms with van der Waals surface area (Å²) in [4.78, 5) is 0. The highest BCUT2D eigenvalue weighted by Crippen LogP contribution is 2.04. The normalized spacial score (nSPS) is 20.6. The fourth-order valence-corrected chi connectivity index (χ4v) is 1.31. The number of hydrogen-bond acceptors (Lipinski definition) is 1. The molecule has 0 atom stereocenters. The van der Waals surface area contributed by atoms with Gasteiger partial charge in [0.05, 0.1) is 22.9 Å². The molecule has 1 heterocycles. The molecule has 0 unspecified atom stereocenters. The van der Waals surface area contributed by atoms with Crippen LogP contribution in [-0.4, -0.2) is 21.3 Å². The third-order valence-electron chi connectivity index (χ3n) is 1.03. The molecule has 1 rings (SSSR count). The van der Waals surface area contributed by atoms with Crippen molar-refractivity contribution in [3.8, 4) is 0 Å². The first-order valence-corrected chi connectivity index (χ1v) is 3.89. The van der Waals surface area contributed by atoms with E-state index in [0.29, 0.717) is 0 Å². The summed E-state index contributed by atoms with van der Waals surface area (Å²) in [7, 11) is 0. The van der Waals surface area contributed by atoms with Crippen molar-refractivity contribution in [3.63, 3.8) is 0 Å². The zero-order chi connectivity index (χ0) is 5.98. The number of thiocarbonyl (C=S) groups is 1. The van der Waals surface area contributed by atoms with Gasteiger partial charge in [-0.1, -0.05) is 0 Å². The number of rotatable bonds is 0. The van der Waals surface area contributed by atoms with Crippen molar-refractivity contribution in [3.05, 3.63) is 0 Å². The van der Waals surface area contributed by atoms with Crippen LogP contribution in [0.3, 0.4) is 0 Å². The van der Waals surface area contributed by atoms with Crippen molar-refractivity contribution in [1.82, 2.24) is 8.43 Å². The van der Waals surface area contributed by atoms with Gasteiger partial charge in [-0.3, -0.25) is 3.11 Å².